The lowest BCUT2D eigenvalue weighted by Crippen LogP contribution is -1.97. The highest BCUT2D eigenvalue weighted by Crippen LogP contribution is 2.20. The van der Waals surface area contributed by atoms with Crippen LogP contribution in [0.2, 0.25) is 0 Å². The van der Waals surface area contributed by atoms with Gasteiger partial charge in [0.15, 0.2) is 11.5 Å². The van der Waals surface area contributed by atoms with Crippen LogP contribution in [0.15, 0.2) is 22.6 Å². The van der Waals surface area contributed by atoms with E-state index in [4.69, 9.17) is 10.2 Å². The Kier molecular flexibility index (Phi) is 2.73. The summed E-state index contributed by atoms with van der Waals surface area (Å²) in [4.78, 5) is 4.48. The molecule has 0 spiro atoms. The Morgan fingerprint density at radius 2 is 2.20 bits per heavy atom. The Bertz CT molecular complexity index is 460. The van der Waals surface area contributed by atoms with E-state index in [2.05, 4.69) is 18.8 Å². The van der Waals surface area contributed by atoms with E-state index < -0.39 is 0 Å². The number of benzene rings is 1. The topological polar surface area (TPSA) is 52.0 Å². The molecule has 0 unspecified atom stereocenters. The van der Waals surface area contributed by atoms with Gasteiger partial charge in [0.25, 0.3) is 0 Å². The quantitative estimate of drug-likeness (QED) is 0.835. The largest absolute Gasteiger partial charge is 0.441 e. The smallest absolute Gasteiger partial charge is 0.195 e. The fourth-order valence-electron chi connectivity index (χ4n) is 1.65. The molecular weight excluding hydrogens is 188 g/mol. The van der Waals surface area contributed by atoms with Gasteiger partial charge in [-0.2, -0.15) is 0 Å². The molecule has 2 N–H and O–H groups in total. The van der Waals surface area contributed by atoms with Crippen molar-refractivity contribution in [1.29, 1.82) is 0 Å². The van der Waals surface area contributed by atoms with Crippen molar-refractivity contribution in [2.24, 2.45) is 11.7 Å². The number of hydrogen-bond donors (Lipinski definition) is 1. The van der Waals surface area contributed by atoms with Gasteiger partial charge in [-0.05, 0) is 17.5 Å². The third kappa shape index (κ3) is 2.02. The van der Waals surface area contributed by atoms with Crippen LogP contribution in [-0.2, 0) is 13.0 Å². The minimum Gasteiger partial charge on any atom is -0.441 e. The van der Waals surface area contributed by atoms with E-state index in [1.165, 1.54) is 0 Å². The molecule has 2 aromatic rings. The molecule has 0 saturated heterocycles. The van der Waals surface area contributed by atoms with Crippen molar-refractivity contribution in [2.75, 3.05) is 0 Å². The van der Waals surface area contributed by atoms with Crippen LogP contribution in [0.3, 0.4) is 0 Å². The van der Waals surface area contributed by atoms with Gasteiger partial charge < -0.3 is 10.2 Å². The zero-order valence-corrected chi connectivity index (χ0v) is 9.16. The van der Waals surface area contributed by atoms with E-state index >= 15 is 0 Å². The summed E-state index contributed by atoms with van der Waals surface area (Å²) < 4.78 is 5.65. The minimum atomic E-state index is 0.505. The molecule has 2 rings (SSSR count). The van der Waals surface area contributed by atoms with E-state index in [1.807, 2.05) is 18.2 Å². The number of nitrogens with zero attached hydrogens (tertiary/aromatic N) is 1. The normalized spacial score (nSPS) is 11.5. The maximum atomic E-state index is 5.65. The number of nitrogens with two attached hydrogens (primary N) is 1. The highest BCUT2D eigenvalue weighted by Gasteiger charge is 2.09. The third-order valence-electron chi connectivity index (χ3n) is 2.35. The molecule has 3 nitrogen and oxygen atoms in total. The summed E-state index contributed by atoms with van der Waals surface area (Å²) in [6, 6.07) is 5.88. The number of aromatic nitrogens is 1. The maximum absolute atomic E-state index is 5.65. The molecule has 0 saturated carbocycles. The summed E-state index contributed by atoms with van der Waals surface area (Å²) in [5.74, 6) is 1.36. The van der Waals surface area contributed by atoms with Gasteiger partial charge in [-0.15, -0.1) is 0 Å². The Morgan fingerprint density at radius 1 is 1.40 bits per heavy atom. The Balaban J connectivity index is 2.45. The average molecular weight is 204 g/mol. The first kappa shape index (κ1) is 10.2. The lowest BCUT2D eigenvalue weighted by atomic mass is 10.1. The van der Waals surface area contributed by atoms with Crippen LogP contribution >= 0.6 is 0 Å². The molecule has 0 fully saturated rings. The van der Waals surface area contributed by atoms with Crippen LogP contribution in [0.4, 0.5) is 0 Å². The van der Waals surface area contributed by atoms with Crippen LogP contribution in [0.5, 0.6) is 0 Å². The molecule has 3 heteroatoms. The average Bonchev–Trinajstić information content (AvgIpc) is 2.58. The second kappa shape index (κ2) is 4.03. The molecule has 0 aliphatic carbocycles. The molecule has 0 radical (unpaired) electrons. The summed E-state index contributed by atoms with van der Waals surface area (Å²) in [6.07, 6.45) is 0.874. The molecule has 0 amide bonds. The van der Waals surface area contributed by atoms with E-state index in [1.54, 1.807) is 0 Å². The lowest BCUT2D eigenvalue weighted by molar-refractivity contribution is 0.482. The Hall–Kier alpha value is -1.35. The van der Waals surface area contributed by atoms with Crippen molar-refractivity contribution < 1.29 is 4.42 Å². The summed E-state index contributed by atoms with van der Waals surface area (Å²) in [5.41, 5.74) is 8.45. The van der Waals surface area contributed by atoms with Crippen molar-refractivity contribution >= 4 is 11.1 Å². The van der Waals surface area contributed by atoms with Gasteiger partial charge in [0, 0.05) is 13.0 Å². The predicted molar refractivity (Wildman–Crippen MR) is 60.4 cm³/mol. The molecule has 1 aromatic heterocycles. The summed E-state index contributed by atoms with van der Waals surface area (Å²) in [6.45, 7) is 4.81. The molecular formula is C12H16N2O. The zero-order valence-electron chi connectivity index (χ0n) is 9.16. The number of fused-ring (bicyclic) bond motifs is 1. The highest BCUT2D eigenvalue weighted by atomic mass is 16.3. The lowest BCUT2D eigenvalue weighted by Gasteiger charge is -1.97. The molecule has 1 aromatic carbocycles. The van der Waals surface area contributed by atoms with Crippen molar-refractivity contribution in [3.8, 4) is 0 Å². The van der Waals surface area contributed by atoms with E-state index in [0.717, 1.165) is 29.0 Å². The molecule has 15 heavy (non-hydrogen) atoms. The fraction of sp³-hybridized carbons (Fsp3) is 0.417. The van der Waals surface area contributed by atoms with Crippen molar-refractivity contribution in [2.45, 2.75) is 26.8 Å². The Labute approximate surface area is 89.3 Å². The third-order valence-corrected chi connectivity index (χ3v) is 2.35. The van der Waals surface area contributed by atoms with Gasteiger partial charge >= 0.3 is 0 Å². The molecule has 0 bridgehead atoms. The van der Waals surface area contributed by atoms with Gasteiger partial charge in [-0.25, -0.2) is 4.98 Å². The molecule has 80 valence electrons. The van der Waals surface area contributed by atoms with Crippen LogP contribution in [0.1, 0.15) is 25.3 Å². The highest BCUT2D eigenvalue weighted by molar-refractivity contribution is 5.76. The van der Waals surface area contributed by atoms with Crippen LogP contribution in [-0.4, -0.2) is 4.98 Å². The summed E-state index contributed by atoms with van der Waals surface area (Å²) in [7, 11) is 0. The van der Waals surface area contributed by atoms with Gasteiger partial charge in [0.05, 0.1) is 0 Å². The minimum absolute atomic E-state index is 0.505. The van der Waals surface area contributed by atoms with Crippen molar-refractivity contribution in [3.63, 3.8) is 0 Å². The van der Waals surface area contributed by atoms with Crippen LogP contribution < -0.4 is 5.73 Å². The Morgan fingerprint density at radius 3 is 2.87 bits per heavy atom. The van der Waals surface area contributed by atoms with Gasteiger partial charge in [0.1, 0.15) is 5.52 Å². The van der Waals surface area contributed by atoms with E-state index in [9.17, 15) is 0 Å². The molecule has 1 heterocycles. The standard InChI is InChI=1S/C12H16N2O/c1-8(2)6-11-14-12-9(7-13)4-3-5-10(12)15-11/h3-5,8H,6-7,13H2,1-2H3. The van der Waals surface area contributed by atoms with Crippen LogP contribution in [0.25, 0.3) is 11.1 Å². The number of hydrogen-bond acceptors (Lipinski definition) is 3. The molecule has 0 atom stereocenters. The van der Waals surface area contributed by atoms with Crippen molar-refractivity contribution in [3.05, 3.63) is 29.7 Å². The SMILES string of the molecule is CC(C)Cc1nc2c(CN)cccc2o1. The number of oxazole rings is 1. The fourth-order valence-corrected chi connectivity index (χ4v) is 1.65. The molecule has 0 aliphatic rings. The maximum Gasteiger partial charge on any atom is 0.195 e. The first-order valence-corrected chi connectivity index (χ1v) is 5.28. The second-order valence-electron chi connectivity index (χ2n) is 4.17. The van der Waals surface area contributed by atoms with Gasteiger partial charge in [-0.3, -0.25) is 0 Å². The summed E-state index contributed by atoms with van der Waals surface area (Å²) in [5, 5.41) is 0. The first-order valence-electron chi connectivity index (χ1n) is 5.28. The zero-order chi connectivity index (χ0) is 10.8. The number of rotatable bonds is 3. The van der Waals surface area contributed by atoms with E-state index in [-0.39, 0.29) is 0 Å². The first-order chi connectivity index (χ1) is 7.20. The van der Waals surface area contributed by atoms with Gasteiger partial charge in [0.2, 0.25) is 0 Å². The summed E-state index contributed by atoms with van der Waals surface area (Å²) >= 11 is 0. The second-order valence-corrected chi connectivity index (χ2v) is 4.17. The van der Waals surface area contributed by atoms with Crippen LogP contribution in [0, 0.1) is 5.92 Å². The van der Waals surface area contributed by atoms with Gasteiger partial charge in [-0.1, -0.05) is 26.0 Å². The number of para-hydroxylation sites is 1. The van der Waals surface area contributed by atoms with E-state index in [0.29, 0.717) is 12.5 Å². The predicted octanol–water partition coefficient (Wildman–Crippen LogP) is 2.49. The van der Waals surface area contributed by atoms with Crippen molar-refractivity contribution in [1.82, 2.24) is 4.98 Å². The molecule has 0 aliphatic heterocycles. The monoisotopic (exact) mass is 204 g/mol.